The van der Waals surface area contributed by atoms with Crippen LogP contribution in [0.4, 0.5) is 0 Å². The van der Waals surface area contributed by atoms with Gasteiger partial charge < -0.3 is 34.4 Å². The van der Waals surface area contributed by atoms with Crippen LogP contribution >= 0.6 is 0 Å². The van der Waals surface area contributed by atoms with Gasteiger partial charge in [-0.05, 0) is 58.4 Å². The molecule has 0 saturated carbocycles. The summed E-state index contributed by atoms with van der Waals surface area (Å²) in [7, 11) is 1.51. The number of fused-ring (bicyclic) bond motifs is 1. The molecule has 7 atom stereocenters. The van der Waals surface area contributed by atoms with Crippen LogP contribution in [0.1, 0.15) is 71.0 Å². The Labute approximate surface area is 278 Å². The molecule has 3 aliphatic rings. The molecule has 3 saturated heterocycles. The van der Waals surface area contributed by atoms with Gasteiger partial charge in [0, 0.05) is 38.8 Å². The first-order chi connectivity index (χ1) is 22.4. The summed E-state index contributed by atoms with van der Waals surface area (Å²) >= 11 is 0. The Bertz CT molecular complexity index is 1300. The van der Waals surface area contributed by atoms with Crippen molar-refractivity contribution in [3.8, 4) is 0 Å². The number of rotatable bonds is 17. The topological polar surface area (TPSA) is 135 Å². The number of unbranched alkanes of at least 4 members (excludes halogenated alkanes) is 1. The van der Waals surface area contributed by atoms with Crippen LogP contribution in [0.15, 0.2) is 55.6 Å². The van der Waals surface area contributed by atoms with Crippen molar-refractivity contribution in [3.63, 3.8) is 0 Å². The van der Waals surface area contributed by atoms with Gasteiger partial charge in [-0.1, -0.05) is 42.5 Å². The number of carbonyl (C=O) groups excluding carboxylic acids is 4. The number of allylic oxidation sites excluding steroid dienone is 1. The smallest absolute Gasteiger partial charge is 0.313 e. The zero-order valence-electron chi connectivity index (χ0n) is 28.2. The van der Waals surface area contributed by atoms with Crippen LogP contribution in [0.5, 0.6) is 0 Å². The van der Waals surface area contributed by atoms with E-state index in [1.807, 2.05) is 51.1 Å². The molecule has 3 amide bonds. The van der Waals surface area contributed by atoms with Gasteiger partial charge in [-0.25, -0.2) is 0 Å². The molecule has 4 rings (SSSR count). The Hall–Kier alpha value is -3.54. The molecule has 0 unspecified atom stereocenters. The number of nitrogens with zero attached hydrogens (tertiary/aromatic N) is 2. The van der Waals surface area contributed by atoms with E-state index in [0.29, 0.717) is 37.7 Å². The zero-order chi connectivity index (χ0) is 34.4. The molecular weight excluding hydrogens is 602 g/mol. The van der Waals surface area contributed by atoms with Gasteiger partial charge in [0.2, 0.25) is 17.7 Å². The predicted octanol–water partition coefficient (Wildman–Crippen LogP) is 3.33. The van der Waals surface area contributed by atoms with Gasteiger partial charge in [-0.2, -0.15) is 0 Å². The first-order valence-corrected chi connectivity index (χ1v) is 16.6. The van der Waals surface area contributed by atoms with Crippen LogP contribution < -0.4 is 5.32 Å². The largest absolute Gasteiger partial charge is 0.455 e. The minimum atomic E-state index is -1.19. The number of ether oxygens (including phenoxy) is 3. The number of amides is 3. The summed E-state index contributed by atoms with van der Waals surface area (Å²) in [5.74, 6) is -3.28. The molecule has 2 N–H and O–H groups in total. The van der Waals surface area contributed by atoms with Crippen molar-refractivity contribution >= 4 is 23.7 Å². The van der Waals surface area contributed by atoms with Crippen molar-refractivity contribution in [2.24, 2.45) is 11.8 Å². The first kappa shape index (κ1) is 36.3. The third kappa shape index (κ3) is 7.47. The van der Waals surface area contributed by atoms with E-state index >= 15 is 0 Å². The Morgan fingerprint density at radius 1 is 1.19 bits per heavy atom. The van der Waals surface area contributed by atoms with Crippen LogP contribution in [-0.4, -0.2) is 101 Å². The van der Waals surface area contributed by atoms with E-state index in [1.54, 1.807) is 22.0 Å². The molecule has 1 aromatic carbocycles. The highest BCUT2D eigenvalue weighted by atomic mass is 16.6. The standard InChI is InChI=1S/C36H51N3O8/c1-7-9-17-27(41)37-25(23-45-6)30(24-15-11-10-12-16-24)46-34(44)28-26-18-19-36(47-26)29(28)32(42)38(21-13-14-22-40)31(36)33(43)39(20-8-2)35(3,4)5/h7-8,10-12,15-16,25-26,28-31,40H,1-2,9,13-14,17-23H2,3-6H3,(H,37,41)/t25-,26-,28+,29+,30-,31-,36+/m0/s1. The molecule has 2 bridgehead atoms. The molecule has 11 nitrogen and oxygen atoms in total. The number of hydrogen-bond acceptors (Lipinski definition) is 8. The Morgan fingerprint density at radius 3 is 2.53 bits per heavy atom. The average Bonchev–Trinajstić information content (AvgIpc) is 3.68. The van der Waals surface area contributed by atoms with Gasteiger partial charge >= 0.3 is 5.97 Å². The summed E-state index contributed by atoms with van der Waals surface area (Å²) in [5.41, 5.74) is -1.10. The number of esters is 1. The summed E-state index contributed by atoms with van der Waals surface area (Å²) in [4.78, 5) is 59.2. The molecular formula is C36H51N3O8. The summed E-state index contributed by atoms with van der Waals surface area (Å²) in [6.45, 7) is 13.9. The minimum Gasteiger partial charge on any atom is -0.455 e. The van der Waals surface area contributed by atoms with E-state index < -0.39 is 53.2 Å². The lowest BCUT2D eigenvalue weighted by molar-refractivity contribution is -0.163. The molecule has 3 heterocycles. The number of benzene rings is 1. The monoisotopic (exact) mass is 653 g/mol. The van der Waals surface area contributed by atoms with E-state index in [0.717, 1.165) is 0 Å². The molecule has 258 valence electrons. The fourth-order valence-corrected chi connectivity index (χ4v) is 7.43. The van der Waals surface area contributed by atoms with Gasteiger partial charge in [0.15, 0.2) is 0 Å². The van der Waals surface area contributed by atoms with E-state index in [1.165, 1.54) is 7.11 Å². The summed E-state index contributed by atoms with van der Waals surface area (Å²) in [5, 5.41) is 12.4. The van der Waals surface area contributed by atoms with Crippen molar-refractivity contribution in [1.82, 2.24) is 15.1 Å². The molecule has 0 radical (unpaired) electrons. The number of aliphatic hydroxyl groups is 1. The van der Waals surface area contributed by atoms with Crippen molar-refractivity contribution in [2.75, 3.05) is 33.4 Å². The van der Waals surface area contributed by atoms with Gasteiger partial charge in [-0.15, -0.1) is 13.2 Å². The van der Waals surface area contributed by atoms with E-state index in [4.69, 9.17) is 14.2 Å². The Kier molecular flexibility index (Phi) is 12.0. The highest BCUT2D eigenvalue weighted by molar-refractivity contribution is 5.98. The molecule has 0 aromatic heterocycles. The van der Waals surface area contributed by atoms with E-state index in [-0.39, 0.29) is 50.4 Å². The molecule has 3 aliphatic heterocycles. The highest BCUT2D eigenvalue weighted by Gasteiger charge is 2.75. The maximum absolute atomic E-state index is 14.5. The van der Waals surface area contributed by atoms with Crippen LogP contribution in [0.3, 0.4) is 0 Å². The van der Waals surface area contributed by atoms with Crippen molar-refractivity contribution in [2.45, 2.75) is 94.7 Å². The predicted molar refractivity (Wildman–Crippen MR) is 176 cm³/mol. The van der Waals surface area contributed by atoms with Crippen LogP contribution in [0, 0.1) is 11.8 Å². The van der Waals surface area contributed by atoms with E-state index in [9.17, 15) is 24.3 Å². The second kappa shape index (κ2) is 15.6. The SMILES string of the molecule is C=CCCC(=O)N[C@@H](COC)[C@@H](OC(=O)[C@@H]1[C@@H]2CC[C@]3(O2)[C@H](C(=O)N(CC=C)C(C)(C)C)N(CCCCO)C(=O)[C@@H]13)c1ccccc1. The van der Waals surface area contributed by atoms with Gasteiger partial charge in [0.25, 0.3) is 0 Å². The quantitative estimate of drug-likeness (QED) is 0.149. The van der Waals surface area contributed by atoms with Crippen molar-refractivity contribution < 1.29 is 38.5 Å². The normalized spacial score (nSPS) is 26.0. The Balaban J connectivity index is 1.69. The number of aliphatic hydroxyl groups excluding tert-OH is 1. The summed E-state index contributed by atoms with van der Waals surface area (Å²) in [6.07, 6.45) is 4.41. The van der Waals surface area contributed by atoms with Crippen LogP contribution in [0.25, 0.3) is 0 Å². The Morgan fingerprint density at radius 2 is 1.91 bits per heavy atom. The maximum Gasteiger partial charge on any atom is 0.313 e. The first-order valence-electron chi connectivity index (χ1n) is 16.6. The van der Waals surface area contributed by atoms with Crippen molar-refractivity contribution in [3.05, 3.63) is 61.2 Å². The highest BCUT2D eigenvalue weighted by Crippen LogP contribution is 2.59. The lowest BCUT2D eigenvalue weighted by Crippen LogP contribution is -2.60. The number of methoxy groups -OCH3 is 1. The fraction of sp³-hybridized carbons (Fsp3) is 0.611. The average molecular weight is 654 g/mol. The molecule has 0 aliphatic carbocycles. The van der Waals surface area contributed by atoms with Gasteiger partial charge in [0.05, 0.1) is 30.6 Å². The third-order valence-electron chi connectivity index (χ3n) is 9.51. The number of likely N-dealkylation sites (tertiary alicyclic amines) is 1. The second-order valence-electron chi connectivity index (χ2n) is 13.7. The molecule has 1 aromatic rings. The molecule has 1 spiro atoms. The lowest BCUT2D eigenvalue weighted by Gasteiger charge is -2.42. The van der Waals surface area contributed by atoms with Gasteiger partial charge in [0.1, 0.15) is 17.7 Å². The number of nitrogens with one attached hydrogen (secondary N) is 1. The minimum absolute atomic E-state index is 0.0407. The molecule has 11 heteroatoms. The third-order valence-corrected chi connectivity index (χ3v) is 9.51. The van der Waals surface area contributed by atoms with Crippen LogP contribution in [0.2, 0.25) is 0 Å². The molecule has 47 heavy (non-hydrogen) atoms. The maximum atomic E-state index is 14.5. The summed E-state index contributed by atoms with van der Waals surface area (Å²) in [6, 6.07) is 7.47. The fourth-order valence-electron chi connectivity index (χ4n) is 7.43. The van der Waals surface area contributed by atoms with Crippen LogP contribution in [-0.2, 0) is 33.4 Å². The lowest BCUT2D eigenvalue weighted by atomic mass is 9.70. The van der Waals surface area contributed by atoms with Crippen molar-refractivity contribution in [1.29, 1.82) is 0 Å². The molecule has 3 fully saturated rings. The van der Waals surface area contributed by atoms with Gasteiger partial charge in [-0.3, -0.25) is 19.2 Å². The summed E-state index contributed by atoms with van der Waals surface area (Å²) < 4.78 is 18.3. The second-order valence-corrected chi connectivity index (χ2v) is 13.7. The zero-order valence-corrected chi connectivity index (χ0v) is 28.2. The van der Waals surface area contributed by atoms with E-state index in [2.05, 4.69) is 18.5 Å². The number of hydrogen-bond donors (Lipinski definition) is 2. The number of carbonyl (C=O) groups is 4.